The highest BCUT2D eigenvalue weighted by molar-refractivity contribution is 5.79. The van der Waals surface area contributed by atoms with Crippen molar-refractivity contribution in [1.29, 1.82) is 0 Å². The second-order valence-electron chi connectivity index (χ2n) is 10.6. The molecule has 1 fully saturated rings. The summed E-state index contributed by atoms with van der Waals surface area (Å²) in [5, 5.41) is 10.1. The molecule has 2 rings (SSSR count). The summed E-state index contributed by atoms with van der Waals surface area (Å²) in [5.41, 5.74) is 0.991. The monoisotopic (exact) mass is 476 g/mol. The molecule has 1 heterocycles. The molecule has 1 saturated heterocycles. The van der Waals surface area contributed by atoms with Crippen LogP contribution < -0.4 is 4.74 Å². The van der Waals surface area contributed by atoms with E-state index in [4.69, 9.17) is 4.74 Å². The number of rotatable bonds is 14. The standard InChI is InChI=1S/C27H45N3O4/c1-7-9-16-28(17-10-11-18-30(3,4)5)25(31)20-29-19-23(26(27(32)33)24(29)8-2)21-12-14-22(34-6)15-13-21/h12-15,23-24,26H,7-11,16-20H2,1-6H3/p+1/t23-,24+,26-/m1/s1. The first kappa shape index (κ1) is 28.1. The summed E-state index contributed by atoms with van der Waals surface area (Å²) in [4.78, 5) is 29.8. The van der Waals surface area contributed by atoms with E-state index in [1.807, 2.05) is 36.1 Å². The summed E-state index contributed by atoms with van der Waals surface area (Å²) < 4.78 is 6.19. The van der Waals surface area contributed by atoms with Crippen molar-refractivity contribution in [3.05, 3.63) is 29.8 Å². The summed E-state index contributed by atoms with van der Waals surface area (Å²) in [6, 6.07) is 7.52. The molecule has 0 unspecified atom stereocenters. The van der Waals surface area contributed by atoms with Crippen LogP contribution in [0.5, 0.6) is 5.75 Å². The first-order valence-electron chi connectivity index (χ1n) is 12.8. The topological polar surface area (TPSA) is 70.1 Å². The van der Waals surface area contributed by atoms with Gasteiger partial charge in [0.25, 0.3) is 0 Å². The van der Waals surface area contributed by atoms with Crippen LogP contribution in [0.1, 0.15) is 57.4 Å². The highest BCUT2D eigenvalue weighted by Gasteiger charge is 2.46. The molecule has 0 spiro atoms. The minimum atomic E-state index is -0.786. The van der Waals surface area contributed by atoms with Crippen molar-refractivity contribution >= 4 is 11.9 Å². The quantitative estimate of drug-likeness (QED) is 0.328. The van der Waals surface area contributed by atoms with E-state index in [2.05, 4.69) is 33.0 Å². The van der Waals surface area contributed by atoms with Gasteiger partial charge in [0.15, 0.2) is 0 Å². The van der Waals surface area contributed by atoms with Crippen LogP contribution in [0.2, 0.25) is 0 Å². The highest BCUT2D eigenvalue weighted by Crippen LogP contribution is 2.39. The van der Waals surface area contributed by atoms with Crippen molar-refractivity contribution in [2.75, 3.05) is 61.0 Å². The highest BCUT2D eigenvalue weighted by atomic mass is 16.5. The van der Waals surface area contributed by atoms with E-state index in [0.717, 1.165) is 61.1 Å². The molecule has 1 aromatic carbocycles. The molecule has 1 N–H and O–H groups in total. The molecule has 1 amide bonds. The van der Waals surface area contributed by atoms with Gasteiger partial charge in [0.05, 0.1) is 47.3 Å². The lowest BCUT2D eigenvalue weighted by Crippen LogP contribution is -2.44. The number of methoxy groups -OCH3 is 1. The van der Waals surface area contributed by atoms with Crippen LogP contribution in [0.15, 0.2) is 24.3 Å². The largest absolute Gasteiger partial charge is 0.497 e. The van der Waals surface area contributed by atoms with Crippen LogP contribution in [-0.2, 0) is 9.59 Å². The molecule has 7 nitrogen and oxygen atoms in total. The predicted octanol–water partition coefficient (Wildman–Crippen LogP) is 3.69. The summed E-state index contributed by atoms with van der Waals surface area (Å²) in [6.45, 7) is 7.66. The number of carbonyl (C=O) groups is 2. The SMILES string of the molecule is CCCCN(CCCC[N+](C)(C)C)C(=O)CN1C[C@H](c2ccc(OC)cc2)[C@@H](C(=O)O)[C@@H]1CC. The van der Waals surface area contributed by atoms with Crippen molar-refractivity contribution in [3.63, 3.8) is 0 Å². The van der Waals surface area contributed by atoms with E-state index in [1.165, 1.54) is 0 Å². The van der Waals surface area contributed by atoms with E-state index >= 15 is 0 Å². The van der Waals surface area contributed by atoms with Gasteiger partial charge in [-0.25, -0.2) is 0 Å². The lowest BCUT2D eigenvalue weighted by atomic mass is 9.84. The Morgan fingerprint density at radius 1 is 1.09 bits per heavy atom. The molecule has 0 bridgehead atoms. The number of carboxylic acid groups (broad SMARTS) is 1. The Balaban J connectivity index is 2.12. The Labute approximate surface area is 206 Å². The third-order valence-corrected chi connectivity index (χ3v) is 6.98. The second kappa shape index (κ2) is 13.1. The average molecular weight is 477 g/mol. The molecule has 1 aliphatic rings. The Morgan fingerprint density at radius 3 is 2.26 bits per heavy atom. The van der Waals surface area contributed by atoms with Crippen LogP contribution in [0, 0.1) is 5.92 Å². The Morgan fingerprint density at radius 2 is 1.74 bits per heavy atom. The van der Waals surface area contributed by atoms with Gasteiger partial charge in [-0.1, -0.05) is 32.4 Å². The second-order valence-corrected chi connectivity index (χ2v) is 10.6. The molecule has 34 heavy (non-hydrogen) atoms. The summed E-state index contributed by atoms with van der Waals surface area (Å²) >= 11 is 0. The number of quaternary nitrogens is 1. The third kappa shape index (κ3) is 7.98. The van der Waals surface area contributed by atoms with Crippen LogP contribution in [-0.4, -0.2) is 98.3 Å². The van der Waals surface area contributed by atoms with Gasteiger partial charge in [0, 0.05) is 31.6 Å². The number of ether oxygens (including phenoxy) is 1. The van der Waals surface area contributed by atoms with Gasteiger partial charge in [-0.15, -0.1) is 0 Å². The maximum absolute atomic E-state index is 13.4. The van der Waals surface area contributed by atoms with Crippen molar-refractivity contribution in [2.24, 2.45) is 5.92 Å². The number of carbonyl (C=O) groups excluding carboxylic acids is 1. The van der Waals surface area contributed by atoms with Gasteiger partial charge >= 0.3 is 5.97 Å². The van der Waals surface area contributed by atoms with Crippen LogP contribution in [0.3, 0.4) is 0 Å². The zero-order chi connectivity index (χ0) is 25.3. The number of aliphatic carboxylic acids is 1. The Bertz CT molecular complexity index is 775. The normalized spacial score (nSPS) is 20.9. The minimum absolute atomic E-state index is 0.122. The molecule has 192 valence electrons. The molecule has 0 radical (unpaired) electrons. The van der Waals surface area contributed by atoms with E-state index in [9.17, 15) is 14.7 Å². The molecular weight excluding hydrogens is 430 g/mol. The number of benzene rings is 1. The minimum Gasteiger partial charge on any atom is -0.497 e. The fourth-order valence-electron chi connectivity index (χ4n) is 5.06. The fraction of sp³-hybridized carbons (Fsp3) is 0.704. The maximum Gasteiger partial charge on any atom is 0.308 e. The number of nitrogens with zero attached hydrogens (tertiary/aromatic N) is 3. The van der Waals surface area contributed by atoms with E-state index < -0.39 is 11.9 Å². The zero-order valence-corrected chi connectivity index (χ0v) is 22.1. The molecule has 7 heteroatoms. The number of unbranched alkanes of at least 4 members (excludes halogenated alkanes) is 2. The van der Waals surface area contributed by atoms with Crippen molar-refractivity contribution < 1.29 is 23.9 Å². The van der Waals surface area contributed by atoms with Crippen molar-refractivity contribution in [3.8, 4) is 5.75 Å². The van der Waals surface area contributed by atoms with Crippen molar-refractivity contribution in [1.82, 2.24) is 9.80 Å². The smallest absolute Gasteiger partial charge is 0.308 e. The summed E-state index contributed by atoms with van der Waals surface area (Å²) in [5.74, 6) is -0.582. The summed E-state index contributed by atoms with van der Waals surface area (Å²) in [6.07, 6.45) is 4.82. The average Bonchev–Trinajstić information content (AvgIpc) is 3.16. The van der Waals surface area contributed by atoms with Gasteiger partial charge < -0.3 is 19.2 Å². The van der Waals surface area contributed by atoms with Gasteiger partial charge in [-0.2, -0.15) is 0 Å². The number of likely N-dealkylation sites (tertiary alicyclic amines) is 1. The van der Waals surface area contributed by atoms with Gasteiger partial charge in [0.2, 0.25) is 5.91 Å². The number of hydrogen-bond donors (Lipinski definition) is 1. The van der Waals surface area contributed by atoms with Crippen LogP contribution in [0.25, 0.3) is 0 Å². The predicted molar refractivity (Wildman–Crippen MR) is 136 cm³/mol. The molecule has 0 aromatic heterocycles. The zero-order valence-electron chi connectivity index (χ0n) is 22.1. The molecule has 1 aromatic rings. The van der Waals surface area contributed by atoms with Gasteiger partial charge in [-0.3, -0.25) is 14.5 Å². The molecule has 0 aliphatic carbocycles. The molecular formula is C27H46N3O4+. The number of amides is 1. The van der Waals surface area contributed by atoms with Crippen molar-refractivity contribution in [2.45, 2.75) is 57.9 Å². The fourth-order valence-corrected chi connectivity index (χ4v) is 5.06. The van der Waals surface area contributed by atoms with E-state index in [0.29, 0.717) is 13.0 Å². The van der Waals surface area contributed by atoms with E-state index in [-0.39, 0.29) is 24.4 Å². The molecule has 0 saturated carbocycles. The number of carboxylic acids is 1. The number of hydrogen-bond acceptors (Lipinski definition) is 4. The van der Waals surface area contributed by atoms with E-state index in [1.54, 1.807) is 7.11 Å². The Kier molecular flexibility index (Phi) is 10.8. The van der Waals surface area contributed by atoms with Gasteiger partial charge in [-0.05, 0) is 43.4 Å². The lowest BCUT2D eigenvalue weighted by Gasteiger charge is -2.29. The summed E-state index contributed by atoms with van der Waals surface area (Å²) in [7, 11) is 8.20. The van der Waals surface area contributed by atoms with Gasteiger partial charge in [0.1, 0.15) is 5.75 Å². The maximum atomic E-state index is 13.4. The van der Waals surface area contributed by atoms with Crippen LogP contribution >= 0.6 is 0 Å². The molecule has 1 aliphatic heterocycles. The molecule has 3 atom stereocenters. The first-order valence-corrected chi connectivity index (χ1v) is 12.8. The lowest BCUT2D eigenvalue weighted by molar-refractivity contribution is -0.870. The first-order chi connectivity index (χ1) is 16.1. The van der Waals surface area contributed by atoms with Crippen LogP contribution in [0.4, 0.5) is 0 Å². The third-order valence-electron chi connectivity index (χ3n) is 6.98. The Hall–Kier alpha value is -2.12.